The number of carbonyl (C=O) groups is 1. The molecule has 8 heteroatoms. The van der Waals surface area contributed by atoms with Crippen molar-refractivity contribution in [2.24, 2.45) is 5.92 Å². The van der Waals surface area contributed by atoms with Crippen molar-refractivity contribution < 1.29 is 27.6 Å². The van der Waals surface area contributed by atoms with Gasteiger partial charge in [0.15, 0.2) is 0 Å². The molecule has 1 unspecified atom stereocenters. The molecule has 138 valence electrons. The Morgan fingerprint density at radius 3 is 2.28 bits per heavy atom. The number of nitrogens with zero attached hydrogens (tertiary/aromatic N) is 1. The molecule has 0 spiro atoms. The maximum atomic E-state index is 12.8. The predicted octanol–water partition coefficient (Wildman–Crippen LogP) is 3.97. The predicted molar refractivity (Wildman–Crippen MR) is 83.6 cm³/mol. The van der Waals surface area contributed by atoms with Crippen LogP contribution in [-0.2, 0) is 21.1 Å². The van der Waals surface area contributed by atoms with E-state index < -0.39 is 39.5 Å². The van der Waals surface area contributed by atoms with Crippen molar-refractivity contribution in [3.8, 4) is 0 Å². The summed E-state index contributed by atoms with van der Waals surface area (Å²) in [5, 5.41) is 11.7. The first kappa shape index (κ1) is 19.2. The zero-order chi connectivity index (χ0) is 19.0. The van der Waals surface area contributed by atoms with E-state index in [2.05, 4.69) is 0 Å². The standard InChI is InChI=1S/C17H20F3NO4/c1-4-25-14(22)11-9-15(2,16(3,10-11)21(23)24)12-5-7-13(8-6-12)17(18,19)20/h5-8,11H,4,9-10H2,1-3H3/t11?,15-,16+/m0/s1. The van der Waals surface area contributed by atoms with E-state index in [1.165, 1.54) is 19.1 Å². The molecule has 25 heavy (non-hydrogen) atoms. The van der Waals surface area contributed by atoms with Crippen molar-refractivity contribution in [3.05, 3.63) is 45.5 Å². The zero-order valence-electron chi connectivity index (χ0n) is 14.2. The van der Waals surface area contributed by atoms with Gasteiger partial charge in [-0.2, -0.15) is 13.2 Å². The molecule has 0 amide bonds. The summed E-state index contributed by atoms with van der Waals surface area (Å²) in [6, 6.07) is 4.35. The van der Waals surface area contributed by atoms with Crippen molar-refractivity contribution in [2.45, 2.75) is 50.7 Å². The van der Waals surface area contributed by atoms with Gasteiger partial charge in [0.1, 0.15) is 0 Å². The van der Waals surface area contributed by atoms with E-state index >= 15 is 0 Å². The van der Waals surface area contributed by atoms with Crippen LogP contribution in [0, 0.1) is 16.0 Å². The molecule has 0 N–H and O–H groups in total. The second kappa shape index (κ2) is 6.31. The SMILES string of the molecule is CCOC(=O)C1C[C@@](C)(c2ccc(C(F)(F)F)cc2)[C@](C)([N+](=O)[O-])C1. The molecule has 1 saturated carbocycles. The number of hydrogen-bond donors (Lipinski definition) is 0. The number of halogens is 3. The lowest BCUT2D eigenvalue weighted by atomic mass is 9.70. The maximum absolute atomic E-state index is 12.8. The van der Waals surface area contributed by atoms with Gasteiger partial charge >= 0.3 is 12.1 Å². The highest BCUT2D eigenvalue weighted by molar-refractivity contribution is 5.73. The number of nitro groups is 1. The van der Waals surface area contributed by atoms with Crippen LogP contribution in [0.2, 0.25) is 0 Å². The smallest absolute Gasteiger partial charge is 0.416 e. The third kappa shape index (κ3) is 3.21. The van der Waals surface area contributed by atoms with Gasteiger partial charge in [-0.25, -0.2) is 0 Å². The molecule has 0 radical (unpaired) electrons. The Bertz CT molecular complexity index is 673. The number of hydrogen-bond acceptors (Lipinski definition) is 4. The highest BCUT2D eigenvalue weighted by Crippen LogP contribution is 2.53. The summed E-state index contributed by atoms with van der Waals surface area (Å²) in [5.41, 5.74) is -2.98. The molecule has 1 fully saturated rings. The molecule has 2 rings (SSSR count). The van der Waals surface area contributed by atoms with Crippen LogP contribution >= 0.6 is 0 Å². The molecule has 0 aromatic heterocycles. The van der Waals surface area contributed by atoms with Crippen LogP contribution in [0.3, 0.4) is 0 Å². The van der Waals surface area contributed by atoms with Crippen molar-refractivity contribution >= 4 is 5.97 Å². The Hall–Kier alpha value is -2.12. The third-order valence-corrected chi connectivity index (χ3v) is 5.36. The lowest BCUT2D eigenvalue weighted by molar-refractivity contribution is -0.575. The number of alkyl halides is 3. The molecule has 1 aliphatic rings. The quantitative estimate of drug-likeness (QED) is 0.463. The van der Waals surface area contributed by atoms with Gasteiger partial charge < -0.3 is 4.74 Å². The fourth-order valence-electron chi connectivity index (χ4n) is 3.65. The average Bonchev–Trinajstić information content (AvgIpc) is 2.81. The fraction of sp³-hybridized carbons (Fsp3) is 0.588. The summed E-state index contributed by atoms with van der Waals surface area (Å²) in [6.07, 6.45) is -4.35. The van der Waals surface area contributed by atoms with E-state index in [-0.39, 0.29) is 19.4 Å². The van der Waals surface area contributed by atoms with Crippen molar-refractivity contribution in [1.29, 1.82) is 0 Å². The lowest BCUT2D eigenvalue weighted by Crippen LogP contribution is -2.49. The summed E-state index contributed by atoms with van der Waals surface area (Å²) in [7, 11) is 0. The minimum Gasteiger partial charge on any atom is -0.466 e. The van der Waals surface area contributed by atoms with Crippen LogP contribution in [0.15, 0.2) is 24.3 Å². The summed E-state index contributed by atoms with van der Waals surface area (Å²) >= 11 is 0. The Morgan fingerprint density at radius 1 is 1.28 bits per heavy atom. The van der Waals surface area contributed by atoms with Crippen LogP contribution in [0.1, 0.15) is 44.7 Å². The molecule has 1 aromatic carbocycles. The molecule has 0 bridgehead atoms. The highest BCUT2D eigenvalue weighted by atomic mass is 19.4. The molecule has 0 saturated heterocycles. The molecular formula is C17H20F3NO4. The van der Waals surface area contributed by atoms with Crippen molar-refractivity contribution in [2.75, 3.05) is 6.61 Å². The van der Waals surface area contributed by atoms with Gasteiger partial charge in [-0.1, -0.05) is 12.1 Å². The van der Waals surface area contributed by atoms with Gasteiger partial charge in [-0.05, 0) is 38.0 Å². The van der Waals surface area contributed by atoms with E-state index in [1.807, 2.05) is 0 Å². The van der Waals surface area contributed by atoms with Gasteiger partial charge in [-0.15, -0.1) is 0 Å². The monoisotopic (exact) mass is 359 g/mol. The molecular weight excluding hydrogens is 339 g/mol. The largest absolute Gasteiger partial charge is 0.466 e. The summed E-state index contributed by atoms with van der Waals surface area (Å²) in [6.45, 7) is 4.87. The Labute approximate surface area is 143 Å². The fourth-order valence-corrected chi connectivity index (χ4v) is 3.65. The van der Waals surface area contributed by atoms with Gasteiger partial charge in [0.05, 0.1) is 23.5 Å². The Kier molecular flexibility index (Phi) is 4.85. The minimum absolute atomic E-state index is 0.0175. The molecule has 0 heterocycles. The van der Waals surface area contributed by atoms with E-state index in [9.17, 15) is 28.1 Å². The Morgan fingerprint density at radius 2 is 1.84 bits per heavy atom. The van der Waals surface area contributed by atoms with E-state index in [4.69, 9.17) is 4.74 Å². The Balaban J connectivity index is 2.44. The summed E-state index contributed by atoms with van der Waals surface area (Å²) < 4.78 is 43.2. The van der Waals surface area contributed by atoms with Crippen LogP contribution in [0.25, 0.3) is 0 Å². The first-order valence-electron chi connectivity index (χ1n) is 7.94. The minimum atomic E-state index is -4.48. The van der Waals surface area contributed by atoms with Gasteiger partial charge in [0.2, 0.25) is 5.54 Å². The van der Waals surface area contributed by atoms with E-state index in [0.29, 0.717) is 5.56 Å². The first-order valence-corrected chi connectivity index (χ1v) is 7.94. The topological polar surface area (TPSA) is 69.4 Å². The average molecular weight is 359 g/mol. The maximum Gasteiger partial charge on any atom is 0.416 e. The van der Waals surface area contributed by atoms with Gasteiger partial charge in [0.25, 0.3) is 0 Å². The number of esters is 1. The summed E-state index contributed by atoms with van der Waals surface area (Å²) in [5.74, 6) is -1.17. The van der Waals surface area contributed by atoms with Gasteiger partial charge in [0, 0.05) is 18.3 Å². The van der Waals surface area contributed by atoms with Crippen molar-refractivity contribution in [3.63, 3.8) is 0 Å². The van der Waals surface area contributed by atoms with E-state index in [1.54, 1.807) is 13.8 Å². The third-order valence-electron chi connectivity index (χ3n) is 5.36. The van der Waals surface area contributed by atoms with Crippen LogP contribution < -0.4 is 0 Å². The number of rotatable bonds is 4. The molecule has 1 aliphatic carbocycles. The molecule has 1 aromatic rings. The molecule has 0 aliphatic heterocycles. The second-order valence-electron chi connectivity index (χ2n) is 6.80. The van der Waals surface area contributed by atoms with Crippen LogP contribution in [-0.4, -0.2) is 23.0 Å². The zero-order valence-corrected chi connectivity index (χ0v) is 14.2. The molecule has 3 atom stereocenters. The first-order chi connectivity index (χ1) is 11.5. The number of ether oxygens (including phenoxy) is 1. The summed E-state index contributed by atoms with van der Waals surface area (Å²) in [4.78, 5) is 23.4. The van der Waals surface area contributed by atoms with Crippen molar-refractivity contribution in [1.82, 2.24) is 0 Å². The highest BCUT2D eigenvalue weighted by Gasteiger charge is 2.63. The number of benzene rings is 1. The second-order valence-corrected chi connectivity index (χ2v) is 6.80. The number of carbonyl (C=O) groups excluding carboxylic acids is 1. The van der Waals surface area contributed by atoms with E-state index in [0.717, 1.165) is 12.1 Å². The van der Waals surface area contributed by atoms with Gasteiger partial charge in [-0.3, -0.25) is 14.9 Å². The normalized spacial score (nSPS) is 29.4. The van der Waals surface area contributed by atoms with Crippen LogP contribution in [0.4, 0.5) is 13.2 Å². The lowest BCUT2D eigenvalue weighted by Gasteiger charge is -2.34. The van der Waals surface area contributed by atoms with Crippen LogP contribution in [0.5, 0.6) is 0 Å². The molecule has 5 nitrogen and oxygen atoms in total.